The molecule has 1 aromatic heterocycles. The van der Waals surface area contributed by atoms with Gasteiger partial charge in [-0.3, -0.25) is 4.79 Å². The molecule has 0 aliphatic rings. The van der Waals surface area contributed by atoms with E-state index >= 15 is 0 Å². The zero-order chi connectivity index (χ0) is 15.9. The maximum atomic E-state index is 11.9. The minimum Gasteiger partial charge on any atom is -0.462 e. The Hall–Kier alpha value is -2.25. The molecule has 0 unspecified atom stereocenters. The Morgan fingerprint density at radius 1 is 1.32 bits per heavy atom. The second kappa shape index (κ2) is 7.67. The van der Waals surface area contributed by atoms with Crippen LogP contribution in [0.3, 0.4) is 0 Å². The lowest BCUT2D eigenvalue weighted by molar-refractivity contribution is -0.115. The van der Waals surface area contributed by atoms with Crippen molar-refractivity contribution in [3.8, 4) is 0 Å². The normalized spacial score (nSPS) is 10.3. The van der Waals surface area contributed by atoms with Gasteiger partial charge in [0.1, 0.15) is 5.01 Å². The Morgan fingerprint density at radius 2 is 2.05 bits per heavy atom. The number of benzene rings is 1. The van der Waals surface area contributed by atoms with E-state index in [1.54, 1.807) is 31.2 Å². The van der Waals surface area contributed by atoms with Gasteiger partial charge in [0.25, 0.3) is 0 Å². The summed E-state index contributed by atoms with van der Waals surface area (Å²) in [6, 6.07) is 6.55. The molecule has 1 heterocycles. The van der Waals surface area contributed by atoms with Crippen LogP contribution in [0.4, 0.5) is 5.69 Å². The summed E-state index contributed by atoms with van der Waals surface area (Å²) in [5.74, 6) is -0.546. The maximum Gasteiger partial charge on any atom is 0.338 e. The number of thiazole rings is 1. The number of esters is 1. The molecule has 1 amide bonds. The van der Waals surface area contributed by atoms with E-state index in [-0.39, 0.29) is 18.3 Å². The number of anilines is 1. The highest BCUT2D eigenvalue weighted by Gasteiger charge is 2.09. The molecule has 3 N–H and O–H groups in total. The van der Waals surface area contributed by atoms with Crippen LogP contribution < -0.4 is 11.1 Å². The Bertz CT molecular complexity index is 652. The minimum atomic E-state index is -0.378. The summed E-state index contributed by atoms with van der Waals surface area (Å²) >= 11 is 1.44. The van der Waals surface area contributed by atoms with Gasteiger partial charge in [-0.15, -0.1) is 11.3 Å². The van der Waals surface area contributed by atoms with Gasteiger partial charge in [0.05, 0.1) is 24.3 Å². The average molecular weight is 319 g/mol. The van der Waals surface area contributed by atoms with E-state index in [4.69, 9.17) is 10.5 Å². The SMILES string of the molecule is CCOC(=O)c1ccc(NC(=O)Cc2csc(CN)n2)cc1. The van der Waals surface area contributed by atoms with E-state index in [0.29, 0.717) is 30.1 Å². The lowest BCUT2D eigenvalue weighted by Gasteiger charge is -2.05. The molecule has 0 saturated carbocycles. The van der Waals surface area contributed by atoms with E-state index in [0.717, 1.165) is 5.01 Å². The number of carbonyl (C=O) groups excluding carboxylic acids is 2. The number of amides is 1. The van der Waals surface area contributed by atoms with Crippen LogP contribution in [0.2, 0.25) is 0 Å². The summed E-state index contributed by atoms with van der Waals surface area (Å²) in [7, 11) is 0. The van der Waals surface area contributed by atoms with Crippen molar-refractivity contribution >= 4 is 28.9 Å². The lowest BCUT2D eigenvalue weighted by Crippen LogP contribution is -2.15. The Morgan fingerprint density at radius 3 is 2.64 bits per heavy atom. The Labute approximate surface area is 132 Å². The molecular formula is C15H17N3O3S. The third kappa shape index (κ3) is 4.37. The standard InChI is InChI=1S/C15H17N3O3S/c1-2-21-15(20)10-3-5-11(6-4-10)17-13(19)7-12-9-22-14(8-16)18-12/h3-6,9H,2,7-8,16H2,1H3,(H,17,19). The molecule has 2 rings (SSSR count). The second-order valence-electron chi connectivity index (χ2n) is 4.46. The largest absolute Gasteiger partial charge is 0.462 e. The van der Waals surface area contributed by atoms with Crippen molar-refractivity contribution in [2.75, 3.05) is 11.9 Å². The molecule has 1 aromatic carbocycles. The molecule has 0 aliphatic heterocycles. The van der Waals surface area contributed by atoms with Gasteiger partial charge in [0.2, 0.25) is 5.91 Å². The number of carbonyl (C=O) groups is 2. The van der Waals surface area contributed by atoms with Crippen molar-refractivity contribution in [1.29, 1.82) is 0 Å². The molecule has 0 saturated heterocycles. The van der Waals surface area contributed by atoms with Crippen molar-refractivity contribution in [2.24, 2.45) is 5.73 Å². The zero-order valence-corrected chi connectivity index (χ0v) is 13.0. The summed E-state index contributed by atoms with van der Waals surface area (Å²) in [6.45, 7) is 2.46. The molecule has 0 atom stereocenters. The van der Waals surface area contributed by atoms with Crippen molar-refractivity contribution in [3.63, 3.8) is 0 Å². The van der Waals surface area contributed by atoms with Crippen LogP contribution in [0.1, 0.15) is 28.0 Å². The highest BCUT2D eigenvalue weighted by atomic mass is 32.1. The van der Waals surface area contributed by atoms with Gasteiger partial charge in [-0.25, -0.2) is 9.78 Å². The predicted octanol–water partition coefficient (Wildman–Crippen LogP) is 1.96. The molecule has 0 spiro atoms. The molecular weight excluding hydrogens is 302 g/mol. The minimum absolute atomic E-state index is 0.169. The first-order valence-electron chi connectivity index (χ1n) is 6.82. The fourth-order valence-corrected chi connectivity index (χ4v) is 2.47. The first-order chi connectivity index (χ1) is 10.6. The van der Waals surface area contributed by atoms with Gasteiger partial charge >= 0.3 is 5.97 Å². The fraction of sp³-hybridized carbons (Fsp3) is 0.267. The van der Waals surface area contributed by atoms with E-state index in [1.165, 1.54) is 11.3 Å². The number of aromatic nitrogens is 1. The molecule has 0 bridgehead atoms. The molecule has 0 fully saturated rings. The molecule has 7 heteroatoms. The molecule has 0 aliphatic carbocycles. The van der Waals surface area contributed by atoms with Gasteiger partial charge in [-0.2, -0.15) is 0 Å². The topological polar surface area (TPSA) is 94.3 Å². The summed E-state index contributed by atoms with van der Waals surface area (Å²) < 4.78 is 4.90. The molecule has 0 radical (unpaired) electrons. The van der Waals surface area contributed by atoms with E-state index in [1.807, 2.05) is 5.38 Å². The summed E-state index contributed by atoms with van der Waals surface area (Å²) in [6.07, 6.45) is 0.191. The summed E-state index contributed by atoms with van der Waals surface area (Å²) in [5, 5.41) is 5.39. The number of nitrogens with one attached hydrogen (secondary N) is 1. The number of rotatable bonds is 6. The number of hydrogen-bond acceptors (Lipinski definition) is 6. The van der Waals surface area contributed by atoms with E-state index in [2.05, 4.69) is 10.3 Å². The van der Waals surface area contributed by atoms with Crippen LogP contribution in [0, 0.1) is 0 Å². The number of nitrogens with two attached hydrogens (primary N) is 1. The summed E-state index contributed by atoms with van der Waals surface area (Å²) in [4.78, 5) is 27.7. The van der Waals surface area contributed by atoms with Gasteiger partial charge in [0, 0.05) is 17.6 Å². The van der Waals surface area contributed by atoms with E-state index < -0.39 is 0 Å². The number of ether oxygens (including phenoxy) is 1. The van der Waals surface area contributed by atoms with Crippen LogP contribution in [0.15, 0.2) is 29.6 Å². The first-order valence-corrected chi connectivity index (χ1v) is 7.70. The van der Waals surface area contributed by atoms with Gasteiger partial charge in [-0.05, 0) is 31.2 Å². The van der Waals surface area contributed by atoms with Gasteiger partial charge in [0.15, 0.2) is 0 Å². The van der Waals surface area contributed by atoms with Crippen LogP contribution in [-0.2, 0) is 22.5 Å². The van der Waals surface area contributed by atoms with Crippen molar-refractivity contribution < 1.29 is 14.3 Å². The smallest absolute Gasteiger partial charge is 0.338 e. The predicted molar refractivity (Wildman–Crippen MR) is 84.7 cm³/mol. The van der Waals surface area contributed by atoms with Crippen LogP contribution in [0.25, 0.3) is 0 Å². The quantitative estimate of drug-likeness (QED) is 0.794. The molecule has 22 heavy (non-hydrogen) atoms. The van der Waals surface area contributed by atoms with Gasteiger partial charge < -0.3 is 15.8 Å². The first kappa shape index (κ1) is 16.1. The monoisotopic (exact) mass is 319 g/mol. The average Bonchev–Trinajstić information content (AvgIpc) is 2.95. The third-order valence-electron chi connectivity index (χ3n) is 2.80. The fourth-order valence-electron chi connectivity index (χ4n) is 1.80. The second-order valence-corrected chi connectivity index (χ2v) is 5.40. The highest BCUT2D eigenvalue weighted by molar-refractivity contribution is 7.09. The van der Waals surface area contributed by atoms with Crippen molar-refractivity contribution in [3.05, 3.63) is 45.9 Å². The summed E-state index contributed by atoms with van der Waals surface area (Å²) in [5.41, 5.74) is 7.26. The van der Waals surface area contributed by atoms with Gasteiger partial charge in [-0.1, -0.05) is 0 Å². The van der Waals surface area contributed by atoms with E-state index in [9.17, 15) is 9.59 Å². The van der Waals surface area contributed by atoms with Crippen molar-refractivity contribution in [1.82, 2.24) is 4.98 Å². The highest BCUT2D eigenvalue weighted by Crippen LogP contribution is 2.13. The van der Waals surface area contributed by atoms with Crippen molar-refractivity contribution in [2.45, 2.75) is 19.9 Å². The Balaban J connectivity index is 1.92. The van der Waals surface area contributed by atoms with Crippen LogP contribution >= 0.6 is 11.3 Å². The number of nitrogens with zero attached hydrogens (tertiary/aromatic N) is 1. The molecule has 116 valence electrons. The number of hydrogen-bond donors (Lipinski definition) is 2. The zero-order valence-electron chi connectivity index (χ0n) is 12.2. The molecule has 6 nitrogen and oxygen atoms in total. The maximum absolute atomic E-state index is 11.9. The lowest BCUT2D eigenvalue weighted by atomic mass is 10.2. The molecule has 2 aromatic rings. The van der Waals surface area contributed by atoms with Crippen LogP contribution in [-0.4, -0.2) is 23.5 Å². The van der Waals surface area contributed by atoms with Crippen LogP contribution in [0.5, 0.6) is 0 Å². The third-order valence-corrected chi connectivity index (χ3v) is 3.72. The Kier molecular flexibility index (Phi) is 5.62.